The van der Waals surface area contributed by atoms with Crippen molar-refractivity contribution >= 4 is 0 Å². The molecule has 4 nitrogen and oxygen atoms in total. The molecule has 2 rings (SSSR count). The van der Waals surface area contributed by atoms with E-state index in [1.807, 2.05) is 13.4 Å². The number of hydrogen-bond donors (Lipinski definition) is 1. The summed E-state index contributed by atoms with van der Waals surface area (Å²) in [6, 6.07) is 0.708. The zero-order chi connectivity index (χ0) is 9.10. The van der Waals surface area contributed by atoms with Crippen LogP contribution in [0.4, 0.5) is 0 Å². The van der Waals surface area contributed by atoms with Crippen LogP contribution >= 0.6 is 0 Å². The van der Waals surface area contributed by atoms with E-state index in [1.54, 1.807) is 0 Å². The van der Waals surface area contributed by atoms with Crippen molar-refractivity contribution in [1.82, 2.24) is 20.1 Å². The van der Waals surface area contributed by atoms with E-state index >= 15 is 0 Å². The Morgan fingerprint density at radius 3 is 3.15 bits per heavy atom. The van der Waals surface area contributed by atoms with E-state index in [-0.39, 0.29) is 0 Å². The Labute approximate surface area is 78.4 Å². The number of rotatable bonds is 5. The number of nitrogens with zero attached hydrogens (tertiary/aromatic N) is 3. The second-order valence-electron chi connectivity index (χ2n) is 3.59. The van der Waals surface area contributed by atoms with E-state index in [0.29, 0.717) is 6.04 Å². The Hall–Kier alpha value is -0.900. The highest BCUT2D eigenvalue weighted by Crippen LogP contribution is 2.35. The highest BCUT2D eigenvalue weighted by atomic mass is 15.3. The molecule has 1 N–H and O–H groups in total. The summed E-state index contributed by atoms with van der Waals surface area (Å²) in [6.07, 6.45) is 6.65. The number of nitrogens with one attached hydrogen (secondary N) is 1. The van der Waals surface area contributed by atoms with Crippen molar-refractivity contribution < 1.29 is 0 Å². The molecule has 1 aromatic heterocycles. The first-order valence-electron chi connectivity index (χ1n) is 4.95. The molecule has 1 aliphatic rings. The molecule has 0 bridgehead atoms. The molecule has 1 heterocycles. The molecular formula is C9H16N4. The van der Waals surface area contributed by atoms with Gasteiger partial charge in [-0.1, -0.05) is 0 Å². The predicted octanol–water partition coefficient (Wildman–Crippen LogP) is 0.765. The molecule has 0 spiro atoms. The van der Waals surface area contributed by atoms with Crippen molar-refractivity contribution in [3.05, 3.63) is 12.2 Å². The van der Waals surface area contributed by atoms with Gasteiger partial charge in [0.05, 0.1) is 0 Å². The van der Waals surface area contributed by atoms with Crippen LogP contribution in [-0.2, 0) is 6.42 Å². The molecule has 1 fully saturated rings. The third-order valence-electron chi connectivity index (χ3n) is 2.41. The van der Waals surface area contributed by atoms with E-state index in [4.69, 9.17) is 0 Å². The van der Waals surface area contributed by atoms with E-state index in [2.05, 4.69) is 20.1 Å². The van der Waals surface area contributed by atoms with Crippen molar-refractivity contribution in [3.8, 4) is 0 Å². The topological polar surface area (TPSA) is 42.7 Å². The summed E-state index contributed by atoms with van der Waals surface area (Å²) in [7, 11) is 1.98. The summed E-state index contributed by atoms with van der Waals surface area (Å²) in [5, 5.41) is 11.2. The molecule has 0 amide bonds. The van der Waals surface area contributed by atoms with Crippen LogP contribution in [0.25, 0.3) is 0 Å². The van der Waals surface area contributed by atoms with Crippen LogP contribution in [0, 0.1) is 0 Å². The molecule has 0 saturated heterocycles. The molecule has 1 aliphatic carbocycles. The van der Waals surface area contributed by atoms with Gasteiger partial charge in [-0.3, -0.25) is 0 Å². The van der Waals surface area contributed by atoms with E-state index in [0.717, 1.165) is 25.2 Å². The largest absolute Gasteiger partial charge is 0.320 e. The lowest BCUT2D eigenvalue weighted by atomic mass is 10.3. The lowest BCUT2D eigenvalue weighted by Gasteiger charge is -2.03. The maximum absolute atomic E-state index is 4.13. The van der Waals surface area contributed by atoms with Gasteiger partial charge in [-0.05, 0) is 32.9 Å². The van der Waals surface area contributed by atoms with Gasteiger partial charge in [0.1, 0.15) is 12.2 Å². The minimum atomic E-state index is 0.708. The van der Waals surface area contributed by atoms with Crippen molar-refractivity contribution in [1.29, 1.82) is 0 Å². The molecular weight excluding hydrogens is 164 g/mol. The molecule has 0 unspecified atom stereocenters. The molecule has 0 aliphatic heterocycles. The van der Waals surface area contributed by atoms with Crippen molar-refractivity contribution in [3.63, 3.8) is 0 Å². The van der Waals surface area contributed by atoms with E-state index < -0.39 is 0 Å². The van der Waals surface area contributed by atoms with Crippen LogP contribution < -0.4 is 5.32 Å². The molecule has 13 heavy (non-hydrogen) atoms. The Morgan fingerprint density at radius 1 is 1.62 bits per heavy atom. The Morgan fingerprint density at radius 2 is 2.46 bits per heavy atom. The number of hydrogen-bond acceptors (Lipinski definition) is 3. The highest BCUT2D eigenvalue weighted by Gasteiger charge is 2.25. The third-order valence-corrected chi connectivity index (χ3v) is 2.41. The fourth-order valence-electron chi connectivity index (χ4n) is 1.53. The van der Waals surface area contributed by atoms with E-state index in [1.165, 1.54) is 12.8 Å². The molecule has 1 saturated carbocycles. The van der Waals surface area contributed by atoms with Gasteiger partial charge in [0.2, 0.25) is 0 Å². The van der Waals surface area contributed by atoms with E-state index in [9.17, 15) is 0 Å². The average Bonchev–Trinajstić information content (AvgIpc) is 2.88. The van der Waals surface area contributed by atoms with Gasteiger partial charge < -0.3 is 9.88 Å². The minimum Gasteiger partial charge on any atom is -0.320 e. The maximum atomic E-state index is 4.13. The molecule has 0 radical (unpaired) electrons. The van der Waals surface area contributed by atoms with Crippen LogP contribution in [0.5, 0.6) is 0 Å². The van der Waals surface area contributed by atoms with Gasteiger partial charge in [-0.15, -0.1) is 10.2 Å². The summed E-state index contributed by atoms with van der Waals surface area (Å²) in [6.45, 7) is 1.05. The lowest BCUT2D eigenvalue weighted by Crippen LogP contribution is -2.10. The summed E-state index contributed by atoms with van der Waals surface area (Å²) in [5.41, 5.74) is 0. The van der Waals surface area contributed by atoms with Crippen LogP contribution in [0.3, 0.4) is 0 Å². The average molecular weight is 180 g/mol. The molecule has 0 aromatic carbocycles. The fourth-order valence-corrected chi connectivity index (χ4v) is 1.53. The van der Waals surface area contributed by atoms with Crippen LogP contribution in [0.1, 0.15) is 31.1 Å². The smallest absolute Gasteiger partial charge is 0.133 e. The Bertz CT molecular complexity index is 264. The molecule has 1 aromatic rings. The van der Waals surface area contributed by atoms with Gasteiger partial charge >= 0.3 is 0 Å². The predicted molar refractivity (Wildman–Crippen MR) is 50.5 cm³/mol. The van der Waals surface area contributed by atoms with Crippen molar-refractivity contribution in [2.24, 2.45) is 0 Å². The van der Waals surface area contributed by atoms with Crippen LogP contribution in [0.2, 0.25) is 0 Å². The second kappa shape index (κ2) is 3.87. The Balaban J connectivity index is 1.90. The number of aryl methyl sites for hydroxylation is 1. The summed E-state index contributed by atoms with van der Waals surface area (Å²) < 4.78 is 2.23. The maximum Gasteiger partial charge on any atom is 0.133 e. The van der Waals surface area contributed by atoms with Gasteiger partial charge in [0.25, 0.3) is 0 Å². The molecule has 0 atom stereocenters. The van der Waals surface area contributed by atoms with Crippen molar-refractivity contribution in [2.75, 3.05) is 13.6 Å². The summed E-state index contributed by atoms with van der Waals surface area (Å²) >= 11 is 0. The third kappa shape index (κ3) is 2.06. The first-order chi connectivity index (χ1) is 6.42. The standard InChI is InChI=1S/C9H16N4/c1-10-6-2-3-9-12-11-7-13(9)8-4-5-8/h7-8,10H,2-6H2,1H3. The summed E-state index contributed by atoms with van der Waals surface area (Å²) in [4.78, 5) is 0. The van der Waals surface area contributed by atoms with Crippen LogP contribution in [-0.4, -0.2) is 28.4 Å². The zero-order valence-electron chi connectivity index (χ0n) is 8.03. The van der Waals surface area contributed by atoms with Gasteiger partial charge in [0, 0.05) is 12.5 Å². The SMILES string of the molecule is CNCCCc1nncn1C1CC1. The highest BCUT2D eigenvalue weighted by molar-refractivity contribution is 4.94. The van der Waals surface area contributed by atoms with Crippen molar-refractivity contribution in [2.45, 2.75) is 31.7 Å². The van der Waals surface area contributed by atoms with Gasteiger partial charge in [-0.25, -0.2) is 0 Å². The lowest BCUT2D eigenvalue weighted by molar-refractivity contribution is 0.638. The monoisotopic (exact) mass is 180 g/mol. The zero-order valence-corrected chi connectivity index (χ0v) is 8.03. The molecule has 72 valence electrons. The minimum absolute atomic E-state index is 0.708. The van der Waals surface area contributed by atoms with Gasteiger partial charge in [0.15, 0.2) is 0 Å². The quantitative estimate of drug-likeness (QED) is 0.680. The summed E-state index contributed by atoms with van der Waals surface area (Å²) in [5.74, 6) is 1.15. The second-order valence-corrected chi connectivity index (χ2v) is 3.59. The van der Waals surface area contributed by atoms with Gasteiger partial charge in [-0.2, -0.15) is 0 Å². The molecule has 4 heteroatoms. The normalized spacial score (nSPS) is 16.4. The first-order valence-corrected chi connectivity index (χ1v) is 4.95. The first kappa shape index (κ1) is 8.69. The fraction of sp³-hybridized carbons (Fsp3) is 0.778. The number of aromatic nitrogens is 3. The Kier molecular flexibility index (Phi) is 2.59. The van der Waals surface area contributed by atoms with Crippen LogP contribution in [0.15, 0.2) is 6.33 Å².